The number of thiazole rings is 1. The molecule has 4 aliphatic rings. The SMILES string of the molecule is Cc1ccc(N2C(=O)C3C4CC(C3C2=O)C2C4Sc3[nH]c(=O)sc3[C@@H]2c2ccco2)cc1. The lowest BCUT2D eigenvalue weighted by molar-refractivity contribution is -0.123. The van der Waals surface area contributed by atoms with Crippen LogP contribution in [0.5, 0.6) is 0 Å². The van der Waals surface area contributed by atoms with Crippen LogP contribution in [0.1, 0.15) is 28.5 Å². The molecule has 4 heterocycles. The number of benzene rings is 1. The summed E-state index contributed by atoms with van der Waals surface area (Å²) in [5, 5.41) is 1.09. The highest BCUT2D eigenvalue weighted by atomic mass is 32.2. The highest BCUT2D eigenvalue weighted by Crippen LogP contribution is 2.68. The number of carbonyl (C=O) groups excluding carboxylic acids is 2. The summed E-state index contributed by atoms with van der Waals surface area (Å²) in [6, 6.07) is 11.5. The predicted octanol–water partition coefficient (Wildman–Crippen LogP) is 4.02. The third-order valence-electron chi connectivity index (χ3n) is 7.87. The summed E-state index contributed by atoms with van der Waals surface area (Å²) >= 11 is 2.94. The number of rotatable bonds is 2. The van der Waals surface area contributed by atoms with Crippen LogP contribution in [0, 0.1) is 36.5 Å². The molecule has 7 rings (SSSR count). The number of hydrogen-bond donors (Lipinski definition) is 1. The number of thioether (sulfide) groups is 1. The van der Waals surface area contributed by atoms with Gasteiger partial charge in [-0.15, -0.1) is 11.8 Å². The summed E-state index contributed by atoms with van der Waals surface area (Å²) < 4.78 is 5.84. The molecule has 3 aromatic rings. The van der Waals surface area contributed by atoms with Gasteiger partial charge >= 0.3 is 4.87 Å². The topological polar surface area (TPSA) is 83.4 Å². The van der Waals surface area contributed by atoms with E-state index in [-0.39, 0.29) is 57.4 Å². The molecular weight excluding hydrogens is 444 g/mol. The maximum atomic E-state index is 13.6. The first-order valence-electron chi connectivity index (χ1n) is 10.9. The lowest BCUT2D eigenvalue weighted by Gasteiger charge is -2.42. The second-order valence-electron chi connectivity index (χ2n) is 9.32. The van der Waals surface area contributed by atoms with Crippen molar-refractivity contribution in [3.63, 3.8) is 0 Å². The zero-order valence-corrected chi connectivity index (χ0v) is 18.8. The summed E-state index contributed by atoms with van der Waals surface area (Å²) in [4.78, 5) is 44.7. The van der Waals surface area contributed by atoms with Crippen molar-refractivity contribution < 1.29 is 14.0 Å². The molecule has 2 saturated carbocycles. The Hall–Kier alpha value is -2.58. The summed E-state index contributed by atoms with van der Waals surface area (Å²) in [6.07, 6.45) is 2.55. The second-order valence-corrected chi connectivity index (χ2v) is 11.5. The van der Waals surface area contributed by atoms with Crippen molar-refractivity contribution in [3.05, 3.63) is 68.5 Å². The number of fused-ring (bicyclic) bond motifs is 9. The van der Waals surface area contributed by atoms with Gasteiger partial charge in [-0.25, -0.2) is 0 Å². The van der Waals surface area contributed by atoms with Crippen LogP contribution in [-0.2, 0) is 9.59 Å². The molecule has 1 saturated heterocycles. The van der Waals surface area contributed by atoms with Gasteiger partial charge in [-0.1, -0.05) is 29.0 Å². The summed E-state index contributed by atoms with van der Waals surface area (Å²) in [5.41, 5.74) is 1.76. The van der Waals surface area contributed by atoms with Crippen LogP contribution >= 0.6 is 23.1 Å². The lowest BCUT2D eigenvalue weighted by atomic mass is 9.69. The molecule has 0 radical (unpaired) electrons. The number of amides is 2. The van der Waals surface area contributed by atoms with Gasteiger partial charge in [0.05, 0.1) is 39.6 Å². The van der Waals surface area contributed by atoms with E-state index in [1.165, 1.54) is 16.2 Å². The molecule has 7 atom stereocenters. The van der Waals surface area contributed by atoms with Gasteiger partial charge in [0, 0.05) is 5.25 Å². The molecule has 2 aliphatic heterocycles. The predicted molar refractivity (Wildman–Crippen MR) is 121 cm³/mol. The van der Waals surface area contributed by atoms with Crippen molar-refractivity contribution in [1.29, 1.82) is 0 Å². The van der Waals surface area contributed by atoms with E-state index in [1.54, 1.807) is 18.0 Å². The van der Waals surface area contributed by atoms with Crippen molar-refractivity contribution >= 4 is 40.6 Å². The maximum absolute atomic E-state index is 13.6. The first-order valence-corrected chi connectivity index (χ1v) is 12.6. The summed E-state index contributed by atoms with van der Waals surface area (Å²) in [6.45, 7) is 1.99. The smallest absolute Gasteiger partial charge is 0.305 e. The van der Waals surface area contributed by atoms with Crippen LogP contribution in [0.15, 0.2) is 56.9 Å². The summed E-state index contributed by atoms with van der Waals surface area (Å²) in [5.74, 6) is 0.509. The van der Waals surface area contributed by atoms with Gasteiger partial charge in [-0.2, -0.15) is 0 Å². The minimum Gasteiger partial charge on any atom is -0.469 e. The quantitative estimate of drug-likeness (QED) is 0.580. The Balaban J connectivity index is 1.32. The van der Waals surface area contributed by atoms with Gasteiger partial charge in [0.1, 0.15) is 5.76 Å². The van der Waals surface area contributed by atoms with Crippen LogP contribution in [0.25, 0.3) is 0 Å². The van der Waals surface area contributed by atoms with Crippen molar-refractivity contribution in [2.45, 2.75) is 29.5 Å². The number of imide groups is 1. The third-order valence-corrected chi connectivity index (χ3v) is 10.5. The van der Waals surface area contributed by atoms with Gasteiger partial charge in [-0.3, -0.25) is 19.3 Å². The summed E-state index contributed by atoms with van der Waals surface area (Å²) in [7, 11) is 0. The molecule has 1 N–H and O–H groups in total. The molecule has 6 unspecified atom stereocenters. The fourth-order valence-corrected chi connectivity index (χ4v) is 9.62. The van der Waals surface area contributed by atoms with E-state index in [0.717, 1.165) is 27.6 Å². The third kappa shape index (κ3) is 2.34. The molecule has 2 bridgehead atoms. The number of aromatic amines is 1. The zero-order chi connectivity index (χ0) is 21.7. The number of aromatic nitrogens is 1. The molecule has 2 amide bonds. The average Bonchev–Trinajstić information content (AvgIpc) is 3.57. The molecule has 1 aromatic carbocycles. The Labute approximate surface area is 192 Å². The van der Waals surface area contributed by atoms with E-state index in [2.05, 4.69) is 4.98 Å². The van der Waals surface area contributed by atoms with Crippen molar-refractivity contribution in [2.75, 3.05) is 4.90 Å². The van der Waals surface area contributed by atoms with E-state index < -0.39 is 0 Å². The number of hydrogen-bond acceptors (Lipinski definition) is 6. The molecule has 8 heteroatoms. The van der Waals surface area contributed by atoms with Crippen molar-refractivity contribution in [2.24, 2.45) is 29.6 Å². The monoisotopic (exact) mass is 464 g/mol. The largest absolute Gasteiger partial charge is 0.469 e. The van der Waals surface area contributed by atoms with Crippen LogP contribution < -0.4 is 9.77 Å². The first-order chi connectivity index (χ1) is 15.5. The molecule has 2 aromatic heterocycles. The highest BCUT2D eigenvalue weighted by Gasteiger charge is 2.70. The van der Waals surface area contributed by atoms with E-state index in [9.17, 15) is 14.4 Å². The van der Waals surface area contributed by atoms with E-state index in [4.69, 9.17) is 4.42 Å². The second kappa shape index (κ2) is 6.48. The number of carbonyl (C=O) groups is 2. The van der Waals surface area contributed by atoms with Crippen LogP contribution in [0.3, 0.4) is 0 Å². The first kappa shape index (κ1) is 18.9. The van der Waals surface area contributed by atoms with Crippen LogP contribution in [0.2, 0.25) is 0 Å². The Morgan fingerprint density at radius 1 is 1.03 bits per heavy atom. The Morgan fingerprint density at radius 2 is 1.78 bits per heavy atom. The molecule has 0 spiro atoms. The van der Waals surface area contributed by atoms with Gasteiger partial charge in [0.25, 0.3) is 0 Å². The lowest BCUT2D eigenvalue weighted by Crippen LogP contribution is -2.42. The van der Waals surface area contributed by atoms with E-state index in [1.807, 2.05) is 43.3 Å². The van der Waals surface area contributed by atoms with Crippen LogP contribution in [-0.4, -0.2) is 22.0 Å². The van der Waals surface area contributed by atoms with Crippen LogP contribution in [0.4, 0.5) is 5.69 Å². The average molecular weight is 465 g/mol. The van der Waals surface area contributed by atoms with E-state index in [0.29, 0.717) is 5.69 Å². The van der Waals surface area contributed by atoms with Gasteiger partial charge in [0.2, 0.25) is 11.8 Å². The Kier molecular flexibility index (Phi) is 3.84. The minimum absolute atomic E-state index is 0.0533. The fourth-order valence-electron chi connectivity index (χ4n) is 6.75. The van der Waals surface area contributed by atoms with E-state index >= 15 is 0 Å². The number of nitrogens with one attached hydrogen (secondary N) is 1. The molecule has 3 fully saturated rings. The minimum atomic E-state index is -0.287. The number of nitrogens with zero attached hydrogens (tertiary/aromatic N) is 1. The molecule has 32 heavy (non-hydrogen) atoms. The fraction of sp³-hybridized carbons (Fsp3) is 0.375. The molecule has 162 valence electrons. The standard InChI is InChI=1S/C24H20N2O4S2/c1-10-4-6-11(7-5-10)26-22(27)16-12-9-13(17(16)23(26)28)19-15(12)18(14-3-2-8-30-14)20-21(31-19)25-24(29)32-20/h2-8,12-13,15-19H,9H2,1H3,(H,25,29)/t12?,13?,15?,16?,17?,18-,19?/m1/s1. The Bertz CT molecular complexity index is 1310. The van der Waals surface area contributed by atoms with Gasteiger partial charge in [0.15, 0.2) is 0 Å². The molecule has 2 aliphatic carbocycles. The molecule has 6 nitrogen and oxygen atoms in total. The highest BCUT2D eigenvalue weighted by molar-refractivity contribution is 8.00. The zero-order valence-electron chi connectivity index (χ0n) is 17.2. The maximum Gasteiger partial charge on any atom is 0.305 e. The number of anilines is 1. The number of aryl methyl sites for hydroxylation is 1. The van der Waals surface area contributed by atoms with Crippen molar-refractivity contribution in [1.82, 2.24) is 4.98 Å². The Morgan fingerprint density at radius 3 is 2.50 bits per heavy atom. The normalized spacial score (nSPS) is 34.7. The van der Waals surface area contributed by atoms with Gasteiger partial charge in [-0.05, 0) is 55.4 Å². The molecular formula is C24H20N2O4S2. The number of furan rings is 1. The number of H-pyrrole nitrogens is 1. The van der Waals surface area contributed by atoms with Gasteiger partial charge < -0.3 is 9.40 Å². The van der Waals surface area contributed by atoms with Crippen molar-refractivity contribution in [3.8, 4) is 0 Å².